The number of methoxy groups -OCH3 is 1. The lowest BCUT2D eigenvalue weighted by Crippen LogP contribution is -2.44. The fraction of sp³-hybridized carbons (Fsp3) is 0.286. The molecule has 0 aliphatic carbocycles. The van der Waals surface area contributed by atoms with Crippen molar-refractivity contribution in [1.29, 1.82) is 0 Å². The number of carbonyl (C=O) groups excluding carboxylic acids is 1. The molecule has 11 heteroatoms. The Morgan fingerprint density at radius 2 is 2.09 bits per heavy atom. The van der Waals surface area contributed by atoms with Crippen molar-refractivity contribution in [2.75, 3.05) is 7.11 Å². The number of carbonyl (C=O) groups is 2. The summed E-state index contributed by atoms with van der Waals surface area (Å²) in [4.78, 5) is 36.8. The monoisotopic (exact) mass is 476 g/mol. The van der Waals surface area contributed by atoms with E-state index in [1.54, 1.807) is 18.2 Å². The number of aliphatic carboxylic acids is 1. The number of nitro groups is 1. The molecule has 1 atom stereocenters. The third kappa shape index (κ3) is 4.83. The number of furan rings is 1. The molecule has 2 heterocycles. The molecule has 2 aromatic rings. The maximum atomic E-state index is 12.9. The molecule has 1 saturated heterocycles. The fourth-order valence-corrected chi connectivity index (χ4v) is 4.55. The standard InChI is InChI=1S/C21H20N2O7S2/c1-11(2)8-16(20(25)26)22-19(24)18(32-21(22)31)10-13-5-7-17(30-13)14-6-4-12(29-3)9-15(14)23(27)28/h4-7,9-11,16H,8H2,1-3H3,(H,25,26)/b18-10+. The molecule has 0 spiro atoms. The van der Waals surface area contributed by atoms with Crippen molar-refractivity contribution in [2.45, 2.75) is 26.3 Å². The van der Waals surface area contributed by atoms with Crippen LogP contribution in [0, 0.1) is 16.0 Å². The lowest BCUT2D eigenvalue weighted by atomic mass is 10.0. The molecule has 1 unspecified atom stereocenters. The number of carboxylic acid groups (broad SMARTS) is 1. The lowest BCUT2D eigenvalue weighted by molar-refractivity contribution is -0.384. The Balaban J connectivity index is 1.90. The summed E-state index contributed by atoms with van der Waals surface area (Å²) in [5.74, 6) is -0.724. The maximum Gasteiger partial charge on any atom is 0.326 e. The molecule has 1 aromatic heterocycles. The molecule has 1 fully saturated rings. The zero-order chi connectivity index (χ0) is 23.6. The lowest BCUT2D eigenvalue weighted by Gasteiger charge is -2.24. The number of hydrogen-bond acceptors (Lipinski definition) is 8. The van der Waals surface area contributed by atoms with Crippen LogP contribution in [0.3, 0.4) is 0 Å². The molecule has 0 bridgehead atoms. The molecule has 0 saturated carbocycles. The Hall–Kier alpha value is -3.18. The molecule has 1 N–H and O–H groups in total. The minimum absolute atomic E-state index is 0.0534. The number of hydrogen-bond donors (Lipinski definition) is 1. The van der Waals surface area contributed by atoms with Crippen LogP contribution in [0.25, 0.3) is 17.4 Å². The Bertz CT molecular complexity index is 1120. The van der Waals surface area contributed by atoms with Crippen LogP contribution in [-0.4, -0.2) is 44.3 Å². The van der Waals surface area contributed by atoms with Crippen LogP contribution in [0.2, 0.25) is 0 Å². The van der Waals surface area contributed by atoms with Crippen molar-refractivity contribution in [3.05, 3.63) is 51.1 Å². The highest BCUT2D eigenvalue weighted by Gasteiger charge is 2.40. The number of benzene rings is 1. The van der Waals surface area contributed by atoms with Crippen molar-refractivity contribution >= 4 is 51.9 Å². The summed E-state index contributed by atoms with van der Waals surface area (Å²) in [6, 6.07) is 6.46. The average molecular weight is 477 g/mol. The van der Waals surface area contributed by atoms with Crippen molar-refractivity contribution in [3.63, 3.8) is 0 Å². The van der Waals surface area contributed by atoms with Crippen LogP contribution in [0.1, 0.15) is 26.0 Å². The number of ether oxygens (including phenoxy) is 1. The van der Waals surface area contributed by atoms with Crippen molar-refractivity contribution in [3.8, 4) is 17.1 Å². The second-order valence-electron chi connectivity index (χ2n) is 7.38. The van der Waals surface area contributed by atoms with Crippen LogP contribution in [0.5, 0.6) is 5.75 Å². The number of nitro benzene ring substituents is 1. The highest BCUT2D eigenvalue weighted by molar-refractivity contribution is 8.26. The highest BCUT2D eigenvalue weighted by atomic mass is 32.2. The SMILES string of the molecule is COc1ccc(-c2ccc(/C=C3/SC(=S)N(C(CC(C)C)C(=O)O)C3=O)o2)c([N+](=O)[O-])c1. The Morgan fingerprint density at radius 1 is 1.38 bits per heavy atom. The first kappa shape index (κ1) is 23.5. The summed E-state index contributed by atoms with van der Waals surface area (Å²) in [6.45, 7) is 3.73. The summed E-state index contributed by atoms with van der Waals surface area (Å²) in [5.41, 5.74) is 0.0698. The van der Waals surface area contributed by atoms with Gasteiger partial charge in [0.25, 0.3) is 11.6 Å². The van der Waals surface area contributed by atoms with Gasteiger partial charge in [-0.15, -0.1) is 0 Å². The third-order valence-electron chi connectivity index (χ3n) is 4.68. The van der Waals surface area contributed by atoms with E-state index in [1.807, 2.05) is 13.8 Å². The van der Waals surface area contributed by atoms with Gasteiger partial charge in [0.1, 0.15) is 27.6 Å². The fourth-order valence-electron chi connectivity index (χ4n) is 3.21. The molecule has 3 rings (SSSR count). The minimum Gasteiger partial charge on any atom is -0.497 e. The van der Waals surface area contributed by atoms with Crippen LogP contribution in [-0.2, 0) is 9.59 Å². The summed E-state index contributed by atoms with van der Waals surface area (Å²) in [7, 11) is 1.41. The molecule has 9 nitrogen and oxygen atoms in total. The van der Waals surface area contributed by atoms with Crippen LogP contribution in [0.4, 0.5) is 5.69 Å². The van der Waals surface area contributed by atoms with E-state index in [1.165, 1.54) is 25.3 Å². The van der Waals surface area contributed by atoms with E-state index in [4.69, 9.17) is 21.4 Å². The van der Waals surface area contributed by atoms with Gasteiger partial charge in [0.2, 0.25) is 0 Å². The van der Waals surface area contributed by atoms with E-state index in [0.717, 1.165) is 16.7 Å². The van der Waals surface area contributed by atoms with Crippen LogP contribution < -0.4 is 4.74 Å². The number of thiocarbonyl (C=S) groups is 1. The second-order valence-corrected chi connectivity index (χ2v) is 9.05. The predicted octanol–water partition coefficient (Wildman–Crippen LogP) is 4.56. The summed E-state index contributed by atoms with van der Waals surface area (Å²) < 4.78 is 10.9. The van der Waals surface area contributed by atoms with Gasteiger partial charge in [0.15, 0.2) is 0 Å². The van der Waals surface area contributed by atoms with Gasteiger partial charge in [0, 0.05) is 6.08 Å². The first-order valence-electron chi connectivity index (χ1n) is 9.54. The molecule has 1 aromatic carbocycles. The number of amides is 1. The van der Waals surface area contributed by atoms with E-state index >= 15 is 0 Å². The van der Waals surface area contributed by atoms with E-state index in [2.05, 4.69) is 0 Å². The van der Waals surface area contributed by atoms with E-state index < -0.39 is 22.8 Å². The maximum absolute atomic E-state index is 12.9. The smallest absolute Gasteiger partial charge is 0.326 e. The molecule has 168 valence electrons. The average Bonchev–Trinajstić information content (AvgIpc) is 3.30. The number of carboxylic acids is 1. The molecule has 0 radical (unpaired) electrons. The second kappa shape index (κ2) is 9.53. The third-order valence-corrected chi connectivity index (χ3v) is 6.01. The minimum atomic E-state index is -1.12. The predicted molar refractivity (Wildman–Crippen MR) is 123 cm³/mol. The van der Waals surface area contributed by atoms with Gasteiger partial charge in [0.05, 0.1) is 28.6 Å². The molecule has 1 amide bonds. The van der Waals surface area contributed by atoms with Gasteiger partial charge in [-0.1, -0.05) is 37.8 Å². The van der Waals surface area contributed by atoms with E-state index in [9.17, 15) is 24.8 Å². The molecule has 1 aliphatic rings. The topological polar surface area (TPSA) is 123 Å². The summed E-state index contributed by atoms with van der Waals surface area (Å²) in [5, 5.41) is 21.0. The summed E-state index contributed by atoms with van der Waals surface area (Å²) in [6.07, 6.45) is 1.72. The van der Waals surface area contributed by atoms with Crippen LogP contribution in [0.15, 0.2) is 39.7 Å². The molecule has 1 aliphatic heterocycles. The summed E-state index contributed by atoms with van der Waals surface area (Å²) >= 11 is 6.25. The van der Waals surface area contributed by atoms with Crippen molar-refractivity contribution in [1.82, 2.24) is 4.90 Å². The Morgan fingerprint density at radius 3 is 2.69 bits per heavy atom. The largest absolute Gasteiger partial charge is 0.497 e. The highest BCUT2D eigenvalue weighted by Crippen LogP contribution is 2.37. The van der Waals surface area contributed by atoms with Crippen molar-refractivity contribution < 1.29 is 28.8 Å². The van der Waals surface area contributed by atoms with Gasteiger partial charge >= 0.3 is 5.97 Å². The Kier molecular flexibility index (Phi) is 6.99. The Labute approximate surface area is 193 Å². The first-order valence-corrected chi connectivity index (χ1v) is 10.8. The van der Waals surface area contributed by atoms with Gasteiger partial charge in [-0.3, -0.25) is 19.8 Å². The number of rotatable bonds is 8. The molecular weight excluding hydrogens is 456 g/mol. The first-order chi connectivity index (χ1) is 15.1. The van der Waals surface area contributed by atoms with Gasteiger partial charge in [-0.2, -0.15) is 0 Å². The molecular formula is C21H20N2O7S2. The quantitative estimate of drug-likeness (QED) is 0.253. The van der Waals surface area contributed by atoms with Crippen LogP contribution >= 0.6 is 24.0 Å². The zero-order valence-electron chi connectivity index (χ0n) is 17.4. The van der Waals surface area contributed by atoms with Gasteiger partial charge in [-0.25, -0.2) is 4.79 Å². The van der Waals surface area contributed by atoms with E-state index in [0.29, 0.717) is 5.75 Å². The van der Waals surface area contributed by atoms with E-state index in [-0.39, 0.29) is 44.3 Å². The molecule has 32 heavy (non-hydrogen) atoms. The van der Waals surface area contributed by atoms with Gasteiger partial charge in [-0.05, 0) is 36.6 Å². The normalized spacial score (nSPS) is 16.1. The van der Waals surface area contributed by atoms with Gasteiger partial charge < -0.3 is 14.3 Å². The number of thioether (sulfide) groups is 1. The zero-order valence-corrected chi connectivity index (χ0v) is 19.1. The number of nitrogens with zero attached hydrogens (tertiary/aromatic N) is 2. The van der Waals surface area contributed by atoms with Crippen molar-refractivity contribution in [2.24, 2.45) is 5.92 Å².